The molecule has 1 aromatic carbocycles. The molecular weight excluding hydrogens is 256 g/mol. The van der Waals surface area contributed by atoms with Gasteiger partial charge in [0.05, 0.1) is 12.7 Å². The van der Waals surface area contributed by atoms with Crippen LogP contribution in [0.2, 0.25) is 0 Å². The number of hydrogen-bond acceptors (Lipinski definition) is 4. The van der Waals surface area contributed by atoms with E-state index in [-0.39, 0.29) is 5.91 Å². The highest BCUT2D eigenvalue weighted by molar-refractivity contribution is 5.99. The van der Waals surface area contributed by atoms with E-state index in [1.54, 1.807) is 12.1 Å². The molecule has 1 saturated heterocycles. The second kappa shape index (κ2) is 4.90. The molecule has 0 aliphatic carbocycles. The highest BCUT2D eigenvalue weighted by Gasteiger charge is 2.36. The first-order valence-electron chi connectivity index (χ1n) is 6.79. The van der Waals surface area contributed by atoms with Gasteiger partial charge in [-0.15, -0.1) is 0 Å². The fourth-order valence-corrected chi connectivity index (χ4v) is 3.29. The Bertz CT molecular complexity index is 570. The summed E-state index contributed by atoms with van der Waals surface area (Å²) in [6, 6.07) is 5.30. The van der Waals surface area contributed by atoms with Crippen molar-refractivity contribution in [3.8, 4) is 0 Å². The quantitative estimate of drug-likeness (QED) is 0.772. The van der Waals surface area contributed by atoms with Crippen molar-refractivity contribution in [3.63, 3.8) is 0 Å². The van der Waals surface area contributed by atoms with Crippen LogP contribution in [0.25, 0.3) is 0 Å². The summed E-state index contributed by atoms with van der Waals surface area (Å²) in [5.41, 5.74) is 2.07. The van der Waals surface area contributed by atoms with E-state index >= 15 is 0 Å². The van der Waals surface area contributed by atoms with Crippen molar-refractivity contribution in [3.05, 3.63) is 34.9 Å². The first-order chi connectivity index (χ1) is 9.60. The van der Waals surface area contributed by atoms with Crippen LogP contribution in [-0.2, 0) is 4.74 Å². The fourth-order valence-electron chi connectivity index (χ4n) is 3.29. The highest BCUT2D eigenvalue weighted by atomic mass is 16.5. The van der Waals surface area contributed by atoms with Crippen molar-refractivity contribution < 1.29 is 14.3 Å². The van der Waals surface area contributed by atoms with Gasteiger partial charge in [-0.25, -0.2) is 4.79 Å². The molecule has 0 aromatic heterocycles. The number of methoxy groups -OCH3 is 1. The Balaban J connectivity index is 2.05. The van der Waals surface area contributed by atoms with E-state index in [4.69, 9.17) is 4.74 Å². The number of benzene rings is 1. The van der Waals surface area contributed by atoms with Crippen LogP contribution in [-0.4, -0.2) is 50.6 Å². The summed E-state index contributed by atoms with van der Waals surface area (Å²) in [7, 11) is 3.44. The van der Waals surface area contributed by atoms with E-state index in [9.17, 15) is 9.59 Å². The number of likely N-dealkylation sites (N-methyl/N-ethyl adjacent to an activating group) is 1. The van der Waals surface area contributed by atoms with Crippen molar-refractivity contribution in [2.75, 3.05) is 33.8 Å². The molecule has 0 bridgehead atoms. The third-order valence-electron chi connectivity index (χ3n) is 4.27. The van der Waals surface area contributed by atoms with Crippen molar-refractivity contribution in [1.29, 1.82) is 0 Å². The molecule has 106 valence electrons. The molecule has 1 amide bonds. The molecule has 0 spiro atoms. The number of nitrogens with zero attached hydrogens (tertiary/aromatic N) is 1. The molecule has 2 unspecified atom stereocenters. The average Bonchev–Trinajstić information content (AvgIpc) is 2.78. The lowest BCUT2D eigenvalue weighted by molar-refractivity contribution is 0.0600. The second-order valence-electron chi connectivity index (χ2n) is 5.59. The van der Waals surface area contributed by atoms with E-state index in [2.05, 4.69) is 17.3 Å². The van der Waals surface area contributed by atoms with Gasteiger partial charge in [-0.05, 0) is 30.7 Å². The van der Waals surface area contributed by atoms with Gasteiger partial charge in [0.2, 0.25) is 0 Å². The summed E-state index contributed by atoms with van der Waals surface area (Å²) in [5.74, 6) is 0.280. The molecule has 1 aromatic rings. The maximum atomic E-state index is 12.2. The van der Waals surface area contributed by atoms with Gasteiger partial charge >= 0.3 is 5.97 Å². The number of ether oxygens (including phenoxy) is 1. The minimum absolute atomic E-state index is 0.0946. The van der Waals surface area contributed by atoms with Gasteiger partial charge < -0.3 is 15.0 Å². The summed E-state index contributed by atoms with van der Waals surface area (Å²) >= 11 is 0. The zero-order chi connectivity index (χ0) is 14.3. The van der Waals surface area contributed by atoms with E-state index in [0.29, 0.717) is 29.5 Å². The summed E-state index contributed by atoms with van der Waals surface area (Å²) in [6.07, 6.45) is 0. The summed E-state index contributed by atoms with van der Waals surface area (Å²) in [4.78, 5) is 26.1. The normalized spacial score (nSPS) is 25.4. The number of fused-ring (bicyclic) bond motifs is 3. The van der Waals surface area contributed by atoms with E-state index < -0.39 is 5.97 Å². The minimum atomic E-state index is -0.412. The van der Waals surface area contributed by atoms with E-state index in [0.717, 1.165) is 18.7 Å². The smallest absolute Gasteiger partial charge is 0.337 e. The molecule has 20 heavy (non-hydrogen) atoms. The maximum Gasteiger partial charge on any atom is 0.337 e. The third kappa shape index (κ3) is 2.08. The molecule has 5 nitrogen and oxygen atoms in total. The first kappa shape index (κ1) is 13.1. The molecule has 2 heterocycles. The second-order valence-corrected chi connectivity index (χ2v) is 5.59. The molecule has 5 heteroatoms. The molecule has 2 aliphatic rings. The predicted octanol–water partition coefficient (Wildman–Crippen LogP) is 0.862. The Hall–Kier alpha value is -1.88. The van der Waals surface area contributed by atoms with Gasteiger partial charge in [0.25, 0.3) is 5.91 Å². The molecule has 1 N–H and O–H groups in total. The van der Waals surface area contributed by atoms with Gasteiger partial charge in [0.1, 0.15) is 0 Å². The lowest BCUT2D eigenvalue weighted by atomic mass is 9.86. The van der Waals surface area contributed by atoms with Gasteiger partial charge in [0.15, 0.2) is 0 Å². The van der Waals surface area contributed by atoms with Crippen molar-refractivity contribution in [2.24, 2.45) is 5.92 Å². The summed E-state index contributed by atoms with van der Waals surface area (Å²) in [5, 5.41) is 2.96. The van der Waals surface area contributed by atoms with Crippen LogP contribution in [0.4, 0.5) is 0 Å². The molecular formula is C15H18N2O3. The number of hydrogen-bond donors (Lipinski definition) is 1. The largest absolute Gasteiger partial charge is 0.465 e. The van der Waals surface area contributed by atoms with Crippen LogP contribution < -0.4 is 5.32 Å². The average molecular weight is 274 g/mol. The standard InChI is InChI=1S/C15H18N2O3/c1-17-7-10-6-16-14(18)12-5-9(15(19)20-2)3-4-11(12)13(10)8-17/h3-5,10,13H,6-8H2,1-2H3,(H,16,18). The van der Waals surface area contributed by atoms with Crippen LogP contribution in [0.15, 0.2) is 18.2 Å². The number of carbonyl (C=O) groups is 2. The van der Waals surface area contributed by atoms with Crippen molar-refractivity contribution in [1.82, 2.24) is 10.2 Å². The van der Waals surface area contributed by atoms with Crippen LogP contribution >= 0.6 is 0 Å². The molecule has 2 aliphatic heterocycles. The zero-order valence-electron chi connectivity index (χ0n) is 11.7. The lowest BCUT2D eigenvalue weighted by Gasteiger charge is -2.16. The van der Waals surface area contributed by atoms with E-state index in [1.165, 1.54) is 7.11 Å². The highest BCUT2D eigenvalue weighted by Crippen LogP contribution is 2.35. The van der Waals surface area contributed by atoms with E-state index in [1.807, 2.05) is 6.07 Å². The first-order valence-corrected chi connectivity index (χ1v) is 6.79. The predicted molar refractivity (Wildman–Crippen MR) is 73.8 cm³/mol. The minimum Gasteiger partial charge on any atom is -0.465 e. The fraction of sp³-hybridized carbons (Fsp3) is 0.467. The number of esters is 1. The maximum absolute atomic E-state index is 12.2. The third-order valence-corrected chi connectivity index (χ3v) is 4.27. The van der Waals surface area contributed by atoms with Crippen LogP contribution in [0.5, 0.6) is 0 Å². The Morgan fingerprint density at radius 3 is 2.95 bits per heavy atom. The van der Waals surface area contributed by atoms with Crippen LogP contribution in [0.1, 0.15) is 32.2 Å². The molecule has 0 radical (unpaired) electrons. The molecule has 2 atom stereocenters. The Morgan fingerprint density at radius 1 is 1.40 bits per heavy atom. The SMILES string of the molecule is COC(=O)c1ccc2c(c1)C(=O)NCC1CN(C)CC21. The number of carbonyl (C=O) groups excluding carboxylic acids is 2. The van der Waals surface area contributed by atoms with Gasteiger partial charge in [-0.1, -0.05) is 6.07 Å². The monoisotopic (exact) mass is 274 g/mol. The Labute approximate surface area is 117 Å². The van der Waals surface area contributed by atoms with Gasteiger partial charge in [-0.3, -0.25) is 4.79 Å². The van der Waals surface area contributed by atoms with Gasteiger partial charge in [0, 0.05) is 31.1 Å². The lowest BCUT2D eigenvalue weighted by Crippen LogP contribution is -2.29. The Kier molecular flexibility index (Phi) is 3.22. The number of nitrogens with one attached hydrogen (secondary N) is 1. The molecule has 3 rings (SSSR count). The number of amides is 1. The van der Waals surface area contributed by atoms with Crippen LogP contribution in [0.3, 0.4) is 0 Å². The van der Waals surface area contributed by atoms with Crippen molar-refractivity contribution >= 4 is 11.9 Å². The topological polar surface area (TPSA) is 58.6 Å². The van der Waals surface area contributed by atoms with Crippen LogP contribution in [0, 0.1) is 5.92 Å². The zero-order valence-corrected chi connectivity index (χ0v) is 11.7. The summed E-state index contributed by atoms with van der Waals surface area (Å²) < 4.78 is 4.72. The number of likely N-dealkylation sites (tertiary alicyclic amines) is 1. The van der Waals surface area contributed by atoms with Gasteiger partial charge in [-0.2, -0.15) is 0 Å². The number of rotatable bonds is 1. The molecule has 1 fully saturated rings. The summed E-state index contributed by atoms with van der Waals surface area (Å²) in [6.45, 7) is 2.63. The van der Waals surface area contributed by atoms with Crippen molar-refractivity contribution in [2.45, 2.75) is 5.92 Å². The molecule has 0 saturated carbocycles. The Morgan fingerprint density at radius 2 is 2.20 bits per heavy atom.